The smallest absolute Gasteiger partial charge is 0.249 e. The Morgan fingerprint density at radius 2 is 1.63 bits per heavy atom. The minimum Gasteiger partial charge on any atom is -0.249 e. The molecule has 1 heterocycles. The van der Waals surface area contributed by atoms with Crippen molar-refractivity contribution in [2.45, 2.75) is 25.2 Å². The summed E-state index contributed by atoms with van der Waals surface area (Å²) < 4.78 is 117. The lowest BCUT2D eigenvalue weighted by Gasteiger charge is -2.25. The highest BCUT2D eigenvalue weighted by molar-refractivity contribution is 7.93. The van der Waals surface area contributed by atoms with Crippen molar-refractivity contribution in [1.82, 2.24) is 0 Å². The fourth-order valence-electron chi connectivity index (χ4n) is 2.84. The molecule has 3 nitrogen and oxygen atoms in total. The van der Waals surface area contributed by atoms with E-state index in [9.17, 15) is 39.2 Å². The molecular formula is C18H12F7NO2S2. The van der Waals surface area contributed by atoms with Gasteiger partial charge in [-0.2, -0.15) is 34.8 Å². The molecule has 0 bridgehead atoms. The van der Waals surface area contributed by atoms with E-state index in [0.717, 1.165) is 17.4 Å². The van der Waals surface area contributed by atoms with Gasteiger partial charge in [0.1, 0.15) is 10.8 Å². The SMILES string of the molecule is Cc1c(N(Cc2ccc(F)c(C(F)(F)F)c2)S(=O)(=O)C(F)(F)F)sc2ccccc12. The predicted octanol–water partition coefficient (Wildman–Crippen LogP) is 6.22. The van der Waals surface area contributed by atoms with Crippen LogP contribution in [0.5, 0.6) is 0 Å². The van der Waals surface area contributed by atoms with Gasteiger partial charge in [0.25, 0.3) is 0 Å². The highest BCUT2D eigenvalue weighted by Gasteiger charge is 2.51. The number of nitrogens with zero attached hydrogens (tertiary/aromatic N) is 1. The molecule has 0 unspecified atom stereocenters. The molecular weight excluding hydrogens is 459 g/mol. The molecule has 0 amide bonds. The molecule has 0 radical (unpaired) electrons. The second-order valence-electron chi connectivity index (χ2n) is 6.30. The first kappa shape index (κ1) is 22.3. The van der Waals surface area contributed by atoms with E-state index in [1.165, 1.54) is 6.92 Å². The predicted molar refractivity (Wildman–Crippen MR) is 99.1 cm³/mol. The monoisotopic (exact) mass is 471 g/mol. The van der Waals surface area contributed by atoms with Crippen LogP contribution >= 0.6 is 11.3 Å². The van der Waals surface area contributed by atoms with Crippen molar-refractivity contribution < 1.29 is 39.2 Å². The lowest BCUT2D eigenvalue weighted by molar-refractivity contribution is -0.140. The van der Waals surface area contributed by atoms with Crippen LogP contribution in [0.3, 0.4) is 0 Å². The zero-order chi connectivity index (χ0) is 22.5. The first-order valence-corrected chi connectivity index (χ1v) is 10.4. The Labute approximate surface area is 170 Å². The van der Waals surface area contributed by atoms with Gasteiger partial charge >= 0.3 is 21.7 Å². The number of hydrogen-bond acceptors (Lipinski definition) is 3. The number of rotatable bonds is 4. The van der Waals surface area contributed by atoms with E-state index in [0.29, 0.717) is 22.2 Å². The third-order valence-corrected chi connectivity index (χ3v) is 7.18. The normalized spacial score (nSPS) is 13.1. The van der Waals surface area contributed by atoms with Gasteiger partial charge in [0.05, 0.1) is 12.1 Å². The lowest BCUT2D eigenvalue weighted by atomic mass is 10.1. The number of benzene rings is 2. The third-order valence-electron chi connectivity index (χ3n) is 4.29. The Balaban J connectivity index is 2.18. The molecule has 0 saturated heterocycles. The molecule has 0 aliphatic heterocycles. The highest BCUT2D eigenvalue weighted by atomic mass is 32.2. The van der Waals surface area contributed by atoms with Gasteiger partial charge in [-0.1, -0.05) is 24.3 Å². The first-order valence-electron chi connectivity index (χ1n) is 8.16. The fourth-order valence-corrected chi connectivity index (χ4v) is 5.29. The van der Waals surface area contributed by atoms with E-state index in [2.05, 4.69) is 0 Å². The summed E-state index contributed by atoms with van der Waals surface area (Å²) in [6, 6.07) is 7.94. The van der Waals surface area contributed by atoms with Crippen LogP contribution in [0.1, 0.15) is 16.7 Å². The topological polar surface area (TPSA) is 37.4 Å². The van der Waals surface area contributed by atoms with Gasteiger partial charge in [-0.3, -0.25) is 0 Å². The Morgan fingerprint density at radius 3 is 2.20 bits per heavy atom. The summed E-state index contributed by atoms with van der Waals surface area (Å²) >= 11 is 0.758. The average molecular weight is 471 g/mol. The summed E-state index contributed by atoms with van der Waals surface area (Å²) in [5.74, 6) is -1.62. The Hall–Kier alpha value is -2.34. The molecule has 3 aromatic rings. The third kappa shape index (κ3) is 3.97. The molecule has 162 valence electrons. The van der Waals surface area contributed by atoms with Crippen molar-refractivity contribution in [3.8, 4) is 0 Å². The van der Waals surface area contributed by atoms with Crippen LogP contribution in [0.25, 0.3) is 10.1 Å². The number of sulfonamides is 1. The maximum atomic E-state index is 13.5. The molecule has 12 heteroatoms. The zero-order valence-corrected chi connectivity index (χ0v) is 16.6. The summed E-state index contributed by atoms with van der Waals surface area (Å²) in [5.41, 5.74) is -7.62. The van der Waals surface area contributed by atoms with Crippen LogP contribution in [0.15, 0.2) is 42.5 Å². The Morgan fingerprint density at radius 1 is 1.00 bits per heavy atom. The van der Waals surface area contributed by atoms with E-state index in [-0.39, 0.29) is 14.9 Å². The Bertz CT molecular complexity index is 1200. The Kier molecular flexibility index (Phi) is 5.52. The number of halogens is 7. The summed E-state index contributed by atoms with van der Waals surface area (Å²) in [6.07, 6.45) is -5.10. The van der Waals surface area contributed by atoms with E-state index < -0.39 is 45.2 Å². The lowest BCUT2D eigenvalue weighted by Crippen LogP contribution is -2.40. The van der Waals surface area contributed by atoms with Crippen molar-refractivity contribution in [3.05, 3.63) is 65.0 Å². The van der Waals surface area contributed by atoms with Crippen LogP contribution < -0.4 is 4.31 Å². The minimum atomic E-state index is -5.95. The van der Waals surface area contributed by atoms with Gasteiger partial charge in [-0.25, -0.2) is 8.70 Å². The molecule has 0 aliphatic rings. The number of hydrogen-bond donors (Lipinski definition) is 0. The van der Waals surface area contributed by atoms with Gasteiger partial charge in [-0.15, -0.1) is 11.3 Å². The molecule has 0 N–H and O–H groups in total. The van der Waals surface area contributed by atoms with Gasteiger partial charge in [-0.05, 0) is 41.6 Å². The molecule has 1 aromatic heterocycles. The van der Waals surface area contributed by atoms with Crippen molar-refractivity contribution in [2.75, 3.05) is 4.31 Å². The van der Waals surface area contributed by atoms with E-state index in [4.69, 9.17) is 0 Å². The summed E-state index contributed by atoms with van der Waals surface area (Å²) in [5, 5.41) is 0.223. The van der Waals surface area contributed by atoms with Crippen LogP contribution in [0.4, 0.5) is 35.7 Å². The minimum absolute atomic E-state index is 0.0143. The highest BCUT2D eigenvalue weighted by Crippen LogP contribution is 2.42. The second-order valence-corrected chi connectivity index (χ2v) is 9.18. The maximum absolute atomic E-state index is 13.5. The first-order chi connectivity index (χ1) is 13.7. The van der Waals surface area contributed by atoms with E-state index in [1.54, 1.807) is 24.3 Å². The molecule has 0 fully saturated rings. The van der Waals surface area contributed by atoms with Crippen molar-refractivity contribution >= 4 is 36.4 Å². The van der Waals surface area contributed by atoms with E-state index >= 15 is 0 Å². The largest absolute Gasteiger partial charge is 0.516 e. The number of alkyl halides is 6. The van der Waals surface area contributed by atoms with Crippen molar-refractivity contribution in [1.29, 1.82) is 0 Å². The summed E-state index contributed by atoms with van der Waals surface area (Å²) in [7, 11) is -5.95. The zero-order valence-electron chi connectivity index (χ0n) is 15.0. The molecule has 0 atom stereocenters. The van der Waals surface area contributed by atoms with Gasteiger partial charge < -0.3 is 0 Å². The summed E-state index contributed by atoms with van der Waals surface area (Å²) in [4.78, 5) is 0. The second kappa shape index (κ2) is 7.41. The number of thiophene rings is 1. The van der Waals surface area contributed by atoms with E-state index in [1.807, 2.05) is 0 Å². The molecule has 2 aromatic carbocycles. The quantitative estimate of drug-likeness (QED) is 0.424. The van der Waals surface area contributed by atoms with Gasteiger partial charge in [0, 0.05) is 4.70 Å². The molecule has 30 heavy (non-hydrogen) atoms. The molecule has 3 rings (SSSR count). The van der Waals surface area contributed by atoms with Crippen LogP contribution in [0.2, 0.25) is 0 Å². The molecule has 0 saturated carbocycles. The average Bonchev–Trinajstić information content (AvgIpc) is 2.95. The molecule has 0 spiro atoms. The fraction of sp³-hybridized carbons (Fsp3) is 0.222. The number of aryl methyl sites for hydroxylation is 1. The summed E-state index contributed by atoms with van der Waals surface area (Å²) in [6.45, 7) is 0.359. The number of fused-ring (bicyclic) bond motifs is 1. The maximum Gasteiger partial charge on any atom is 0.516 e. The van der Waals surface area contributed by atoms with Crippen LogP contribution in [-0.2, 0) is 22.7 Å². The van der Waals surface area contributed by atoms with Crippen LogP contribution in [0, 0.1) is 12.7 Å². The van der Waals surface area contributed by atoms with Crippen molar-refractivity contribution in [2.24, 2.45) is 0 Å². The number of anilines is 1. The standard InChI is InChI=1S/C18H12F7NO2S2/c1-10-12-4-2-3-5-15(12)29-16(10)26(30(27,28)18(23,24)25)9-11-6-7-14(19)13(8-11)17(20,21)22/h2-8H,9H2,1H3. The molecule has 0 aliphatic carbocycles. The van der Waals surface area contributed by atoms with Crippen molar-refractivity contribution in [3.63, 3.8) is 0 Å². The van der Waals surface area contributed by atoms with Crippen LogP contribution in [-0.4, -0.2) is 13.9 Å². The van der Waals surface area contributed by atoms with Gasteiger partial charge in [0.15, 0.2) is 0 Å². The van der Waals surface area contributed by atoms with Gasteiger partial charge in [0.2, 0.25) is 0 Å².